The first-order valence-electron chi connectivity index (χ1n) is 6.14. The van der Waals surface area contributed by atoms with Crippen LogP contribution >= 0.6 is 0 Å². The van der Waals surface area contributed by atoms with Crippen LogP contribution in [-0.4, -0.2) is 32.7 Å². The van der Waals surface area contributed by atoms with Gasteiger partial charge in [-0.25, -0.2) is 0 Å². The number of nitrogens with one attached hydrogen (secondary N) is 1. The third kappa shape index (κ3) is 3.15. The van der Waals surface area contributed by atoms with E-state index >= 15 is 0 Å². The fraction of sp³-hybridized carbons (Fsp3) is 0.385. The van der Waals surface area contributed by atoms with Crippen molar-refractivity contribution in [3.8, 4) is 5.69 Å². The normalized spacial score (nSPS) is 12.6. The van der Waals surface area contributed by atoms with Crippen LogP contribution in [0.25, 0.3) is 5.69 Å². The quantitative estimate of drug-likeness (QED) is 0.802. The number of hydrogen-bond acceptors (Lipinski definition) is 4. The van der Waals surface area contributed by atoms with Gasteiger partial charge >= 0.3 is 0 Å². The van der Waals surface area contributed by atoms with Crippen LogP contribution in [0.5, 0.6) is 0 Å². The Morgan fingerprint density at radius 1 is 1.33 bits per heavy atom. The molecule has 1 heterocycles. The van der Waals surface area contributed by atoms with Crippen molar-refractivity contribution in [2.24, 2.45) is 0 Å². The van der Waals surface area contributed by atoms with Gasteiger partial charge in [0.15, 0.2) is 0 Å². The summed E-state index contributed by atoms with van der Waals surface area (Å²) in [6, 6.07) is 9.90. The van der Waals surface area contributed by atoms with Crippen LogP contribution in [0.1, 0.15) is 19.0 Å². The molecule has 0 saturated heterocycles. The van der Waals surface area contributed by atoms with Gasteiger partial charge in [-0.2, -0.15) is 15.0 Å². The van der Waals surface area contributed by atoms with Gasteiger partial charge in [0.25, 0.3) is 0 Å². The molecule has 0 unspecified atom stereocenters. The minimum Gasteiger partial charge on any atom is -0.395 e. The van der Waals surface area contributed by atoms with Crippen molar-refractivity contribution in [1.82, 2.24) is 20.3 Å². The highest BCUT2D eigenvalue weighted by atomic mass is 16.3. The fourth-order valence-electron chi connectivity index (χ4n) is 1.65. The van der Waals surface area contributed by atoms with Crippen LogP contribution in [0.4, 0.5) is 0 Å². The molecule has 0 bridgehead atoms. The molecule has 0 spiro atoms. The number of hydrogen-bond donors (Lipinski definition) is 2. The summed E-state index contributed by atoms with van der Waals surface area (Å²) in [4.78, 5) is 1.61. The van der Waals surface area contributed by atoms with Crippen LogP contribution in [0.3, 0.4) is 0 Å². The molecule has 0 saturated carbocycles. The average molecular weight is 246 g/mol. The zero-order valence-corrected chi connectivity index (χ0v) is 10.5. The van der Waals surface area contributed by atoms with Crippen molar-refractivity contribution in [1.29, 1.82) is 0 Å². The van der Waals surface area contributed by atoms with E-state index in [-0.39, 0.29) is 12.6 Å². The van der Waals surface area contributed by atoms with Gasteiger partial charge in [0.05, 0.1) is 24.2 Å². The van der Waals surface area contributed by atoms with Crippen molar-refractivity contribution >= 4 is 0 Å². The summed E-state index contributed by atoms with van der Waals surface area (Å²) in [5, 5.41) is 20.9. The minimum atomic E-state index is 0.117. The molecule has 5 nitrogen and oxygen atoms in total. The van der Waals surface area contributed by atoms with Gasteiger partial charge < -0.3 is 10.4 Å². The Morgan fingerprint density at radius 2 is 2.11 bits per heavy atom. The van der Waals surface area contributed by atoms with E-state index in [9.17, 15) is 0 Å². The van der Waals surface area contributed by atoms with Gasteiger partial charge in [-0.15, -0.1) is 0 Å². The summed E-state index contributed by atoms with van der Waals surface area (Å²) in [6.45, 7) is 2.80. The summed E-state index contributed by atoms with van der Waals surface area (Å²) in [7, 11) is 0. The Morgan fingerprint density at radius 3 is 2.78 bits per heavy atom. The van der Waals surface area contributed by atoms with Gasteiger partial charge in [0.1, 0.15) is 0 Å². The van der Waals surface area contributed by atoms with Crippen LogP contribution in [0.2, 0.25) is 0 Å². The van der Waals surface area contributed by atoms with Crippen LogP contribution in [-0.2, 0) is 6.54 Å². The minimum absolute atomic E-state index is 0.117. The van der Waals surface area contributed by atoms with E-state index in [0.29, 0.717) is 6.54 Å². The number of aliphatic hydroxyl groups is 1. The maximum atomic E-state index is 9.08. The number of aliphatic hydroxyl groups excluding tert-OH is 1. The van der Waals surface area contributed by atoms with Gasteiger partial charge in [-0.3, -0.25) is 0 Å². The molecule has 0 fully saturated rings. The molecule has 0 aliphatic rings. The number of rotatable bonds is 6. The van der Waals surface area contributed by atoms with E-state index in [4.69, 9.17) is 5.11 Å². The molecular weight excluding hydrogens is 228 g/mol. The molecule has 5 heteroatoms. The number of para-hydroxylation sites is 1. The van der Waals surface area contributed by atoms with E-state index in [2.05, 4.69) is 15.5 Å². The predicted octanol–water partition coefficient (Wildman–Crippen LogP) is 1.13. The fourth-order valence-corrected chi connectivity index (χ4v) is 1.65. The maximum absolute atomic E-state index is 9.08. The molecule has 2 rings (SSSR count). The Hall–Kier alpha value is -1.72. The second-order valence-electron chi connectivity index (χ2n) is 4.13. The number of nitrogens with zero attached hydrogens (tertiary/aromatic N) is 3. The van der Waals surface area contributed by atoms with E-state index in [1.165, 1.54) is 0 Å². The lowest BCUT2D eigenvalue weighted by molar-refractivity contribution is 0.238. The molecule has 96 valence electrons. The monoisotopic (exact) mass is 246 g/mol. The lowest BCUT2D eigenvalue weighted by atomic mass is 10.2. The van der Waals surface area contributed by atoms with Gasteiger partial charge in [-0.05, 0) is 18.6 Å². The molecule has 0 aliphatic carbocycles. The van der Waals surface area contributed by atoms with Crippen LogP contribution < -0.4 is 5.32 Å². The molecule has 1 aromatic heterocycles. The predicted molar refractivity (Wildman–Crippen MR) is 69.4 cm³/mol. The zero-order valence-electron chi connectivity index (χ0n) is 10.5. The highest BCUT2D eigenvalue weighted by Crippen LogP contribution is 2.04. The van der Waals surface area contributed by atoms with Crippen molar-refractivity contribution in [3.63, 3.8) is 0 Å². The lowest BCUT2D eigenvalue weighted by Crippen LogP contribution is -2.31. The van der Waals surface area contributed by atoms with Crippen LogP contribution in [0.15, 0.2) is 36.5 Å². The summed E-state index contributed by atoms with van der Waals surface area (Å²) in [6.07, 6.45) is 2.63. The smallest absolute Gasteiger partial charge is 0.0969 e. The SMILES string of the molecule is CC[C@H](CO)NCc1cnn(-c2ccccc2)n1. The summed E-state index contributed by atoms with van der Waals surface area (Å²) >= 11 is 0. The molecule has 1 aromatic carbocycles. The first-order valence-corrected chi connectivity index (χ1v) is 6.14. The second-order valence-corrected chi connectivity index (χ2v) is 4.13. The molecule has 18 heavy (non-hydrogen) atoms. The molecule has 2 N–H and O–H groups in total. The molecule has 0 amide bonds. The van der Waals surface area contributed by atoms with Crippen molar-refractivity contribution in [2.75, 3.05) is 6.61 Å². The third-order valence-corrected chi connectivity index (χ3v) is 2.81. The molecule has 2 aromatic rings. The Labute approximate surface area is 106 Å². The van der Waals surface area contributed by atoms with E-state index in [1.54, 1.807) is 11.0 Å². The topological polar surface area (TPSA) is 63.0 Å². The Balaban J connectivity index is 1.98. The number of benzene rings is 1. The standard InChI is InChI=1S/C13H18N4O/c1-2-11(10-18)14-8-12-9-15-17(16-12)13-6-4-3-5-7-13/h3-7,9,11,14,18H,2,8,10H2,1H3/t11-/m1/s1. The van der Waals surface area contributed by atoms with E-state index < -0.39 is 0 Å². The van der Waals surface area contributed by atoms with Crippen molar-refractivity contribution in [2.45, 2.75) is 25.9 Å². The molecule has 1 atom stereocenters. The summed E-state index contributed by atoms with van der Waals surface area (Å²) < 4.78 is 0. The van der Waals surface area contributed by atoms with Crippen molar-refractivity contribution < 1.29 is 5.11 Å². The third-order valence-electron chi connectivity index (χ3n) is 2.81. The first kappa shape index (κ1) is 12.7. The molecule has 0 aliphatic heterocycles. The Kier molecular flexibility index (Phi) is 4.44. The van der Waals surface area contributed by atoms with E-state index in [1.807, 2.05) is 37.3 Å². The largest absolute Gasteiger partial charge is 0.395 e. The highest BCUT2D eigenvalue weighted by molar-refractivity contribution is 5.28. The summed E-state index contributed by atoms with van der Waals surface area (Å²) in [5.74, 6) is 0. The second kappa shape index (κ2) is 6.28. The van der Waals surface area contributed by atoms with E-state index in [0.717, 1.165) is 17.8 Å². The molecule has 0 radical (unpaired) electrons. The van der Waals surface area contributed by atoms with Crippen LogP contribution in [0, 0.1) is 0 Å². The zero-order chi connectivity index (χ0) is 12.8. The molecular formula is C13H18N4O. The van der Waals surface area contributed by atoms with Gasteiger partial charge in [0, 0.05) is 12.6 Å². The highest BCUT2D eigenvalue weighted by Gasteiger charge is 2.06. The Bertz CT molecular complexity index is 465. The van der Waals surface area contributed by atoms with Gasteiger partial charge in [-0.1, -0.05) is 25.1 Å². The summed E-state index contributed by atoms with van der Waals surface area (Å²) in [5.41, 5.74) is 1.81. The maximum Gasteiger partial charge on any atom is 0.0969 e. The van der Waals surface area contributed by atoms with Crippen molar-refractivity contribution in [3.05, 3.63) is 42.2 Å². The first-order chi connectivity index (χ1) is 8.83. The average Bonchev–Trinajstić information content (AvgIpc) is 2.90. The van der Waals surface area contributed by atoms with Gasteiger partial charge in [0.2, 0.25) is 0 Å². The number of aromatic nitrogens is 3. The lowest BCUT2D eigenvalue weighted by Gasteiger charge is -2.11.